The fraction of sp³-hybridized carbons (Fsp3) is 0.176. The van der Waals surface area contributed by atoms with E-state index in [4.69, 9.17) is 0 Å². The van der Waals surface area contributed by atoms with Crippen molar-refractivity contribution in [1.82, 2.24) is 0 Å². The molecule has 2 nitrogen and oxygen atoms in total. The molecule has 0 saturated heterocycles. The Bertz CT molecular complexity index is 2400. The van der Waals surface area contributed by atoms with Gasteiger partial charge in [-0.15, -0.1) is 0 Å². The minimum atomic E-state index is 0.0594. The molecule has 0 saturated carbocycles. The predicted octanol–water partition coefficient (Wildman–Crippen LogP) is 13.1. The highest BCUT2D eigenvalue weighted by Crippen LogP contribution is 2.55. The first-order chi connectivity index (χ1) is 26.0. The first kappa shape index (κ1) is 31.8. The Hall–Kier alpha value is -5.86. The van der Waals surface area contributed by atoms with Gasteiger partial charge in [0.05, 0.1) is 6.04 Å². The van der Waals surface area contributed by atoms with Crippen molar-refractivity contribution in [3.05, 3.63) is 204 Å². The van der Waals surface area contributed by atoms with Crippen LogP contribution in [0.5, 0.6) is 0 Å². The summed E-state index contributed by atoms with van der Waals surface area (Å²) in [6.07, 6.45) is 24.2. The molecule has 10 rings (SSSR count). The minimum Gasteiger partial charge on any atom is -0.334 e. The summed E-state index contributed by atoms with van der Waals surface area (Å²) in [5.41, 5.74) is 17.1. The van der Waals surface area contributed by atoms with Crippen molar-refractivity contribution in [2.45, 2.75) is 50.5 Å². The Morgan fingerprint density at radius 1 is 0.660 bits per heavy atom. The average Bonchev–Trinajstić information content (AvgIpc) is 3.67. The first-order valence-electron chi connectivity index (χ1n) is 19.3. The van der Waals surface area contributed by atoms with Gasteiger partial charge in [0.15, 0.2) is 0 Å². The van der Waals surface area contributed by atoms with Crippen molar-refractivity contribution in [1.29, 1.82) is 0 Å². The van der Waals surface area contributed by atoms with Gasteiger partial charge in [-0.3, -0.25) is 0 Å². The van der Waals surface area contributed by atoms with Crippen LogP contribution in [0.3, 0.4) is 0 Å². The van der Waals surface area contributed by atoms with Crippen molar-refractivity contribution in [2.24, 2.45) is 5.92 Å². The number of hydrogen-bond acceptors (Lipinski definition) is 2. The van der Waals surface area contributed by atoms with Crippen LogP contribution in [0.2, 0.25) is 0 Å². The van der Waals surface area contributed by atoms with Crippen LogP contribution in [-0.4, -0.2) is 6.04 Å². The van der Waals surface area contributed by atoms with Crippen molar-refractivity contribution >= 4 is 22.6 Å². The highest BCUT2D eigenvalue weighted by molar-refractivity contribution is 5.83. The van der Waals surface area contributed by atoms with Crippen molar-refractivity contribution in [3.8, 4) is 22.3 Å². The van der Waals surface area contributed by atoms with E-state index in [1.807, 2.05) is 0 Å². The number of anilines is 3. The topological polar surface area (TPSA) is 6.48 Å². The molecule has 3 unspecified atom stereocenters. The van der Waals surface area contributed by atoms with Gasteiger partial charge in [-0.1, -0.05) is 141 Å². The molecule has 53 heavy (non-hydrogen) atoms. The summed E-state index contributed by atoms with van der Waals surface area (Å²) in [5.74, 6) is 0.769. The summed E-state index contributed by atoms with van der Waals surface area (Å²) in [6, 6.07) is 45.5. The average molecular weight is 685 g/mol. The molecule has 0 radical (unpaired) electrons. The monoisotopic (exact) mass is 684 g/mol. The van der Waals surface area contributed by atoms with Crippen molar-refractivity contribution in [2.75, 3.05) is 9.80 Å². The van der Waals surface area contributed by atoms with Crippen LogP contribution in [-0.2, 0) is 5.41 Å². The van der Waals surface area contributed by atoms with E-state index in [-0.39, 0.29) is 5.41 Å². The van der Waals surface area contributed by atoms with Gasteiger partial charge in [0, 0.05) is 34.4 Å². The van der Waals surface area contributed by atoms with Gasteiger partial charge in [-0.05, 0) is 124 Å². The number of rotatable bonds is 6. The number of benzene rings is 5. The largest absolute Gasteiger partial charge is 0.334 e. The lowest BCUT2D eigenvalue weighted by atomic mass is 9.74. The summed E-state index contributed by atoms with van der Waals surface area (Å²) in [5, 5.41) is 0. The number of fused-ring (bicyclic) bond motifs is 6. The van der Waals surface area contributed by atoms with E-state index in [9.17, 15) is 0 Å². The van der Waals surface area contributed by atoms with Gasteiger partial charge in [0.1, 0.15) is 0 Å². The van der Waals surface area contributed by atoms with E-state index >= 15 is 0 Å². The molecule has 0 amide bonds. The molecular formula is C51H44N2. The Morgan fingerprint density at radius 2 is 1.34 bits per heavy atom. The Labute approximate surface area is 314 Å². The lowest BCUT2D eigenvalue weighted by Gasteiger charge is -2.36. The van der Waals surface area contributed by atoms with E-state index in [0.29, 0.717) is 17.9 Å². The van der Waals surface area contributed by atoms with Gasteiger partial charge in [-0.2, -0.15) is 0 Å². The molecule has 0 bridgehead atoms. The Balaban J connectivity index is 1.02. The van der Waals surface area contributed by atoms with Crippen molar-refractivity contribution in [3.63, 3.8) is 0 Å². The van der Waals surface area contributed by atoms with Crippen LogP contribution >= 0.6 is 0 Å². The highest BCUT2D eigenvalue weighted by atomic mass is 15.2. The first-order valence-corrected chi connectivity index (χ1v) is 19.3. The summed E-state index contributed by atoms with van der Waals surface area (Å²) in [4.78, 5) is 5.03. The zero-order valence-corrected chi connectivity index (χ0v) is 30.5. The Morgan fingerprint density at radius 3 is 2.09 bits per heavy atom. The Kier molecular flexibility index (Phi) is 7.61. The van der Waals surface area contributed by atoms with Crippen LogP contribution < -0.4 is 9.80 Å². The van der Waals surface area contributed by atoms with Gasteiger partial charge in [0.2, 0.25) is 0 Å². The standard InChI is InChI=1S/C51H44N2/c1-51(2)47-19-11-9-17-43(47)44-31-30-42(34-48(44)51)52(40-26-21-36(22-27-40)35-13-5-3-6-14-35)41-28-23-37(24-29-41)38-25-32-50-46(33-38)45-18-10-12-20-49(45)53(50)39-15-7-4-8-16-39/h3,5-7,9-33,45,48-49H,4,8,34H2,1-2H3. The number of allylic oxidation sites excluding steroid dienone is 9. The van der Waals surface area contributed by atoms with E-state index in [2.05, 4.69) is 200 Å². The maximum absolute atomic E-state index is 2.55. The van der Waals surface area contributed by atoms with Crippen LogP contribution in [0.1, 0.15) is 55.7 Å². The van der Waals surface area contributed by atoms with Crippen LogP contribution in [0, 0.1) is 5.92 Å². The maximum atomic E-state index is 2.55. The molecule has 4 aliphatic carbocycles. The second-order valence-electron chi connectivity index (χ2n) is 15.6. The molecule has 258 valence electrons. The summed E-state index contributed by atoms with van der Waals surface area (Å²) >= 11 is 0. The summed E-state index contributed by atoms with van der Waals surface area (Å²) in [7, 11) is 0. The molecule has 5 aromatic carbocycles. The molecule has 1 heterocycles. The highest BCUT2D eigenvalue weighted by Gasteiger charge is 2.44. The molecule has 0 spiro atoms. The van der Waals surface area contributed by atoms with Crippen LogP contribution in [0.25, 0.3) is 27.8 Å². The SMILES string of the molecule is CC1(C)c2ccccc2C2=CC=C(N(c3ccc(-c4ccccc4)cc3)c3ccc(-c4ccc5c(c4)C4C=CC=CC4N5C4=CCCC=C4)cc3)CC21. The van der Waals surface area contributed by atoms with E-state index in [0.717, 1.165) is 19.3 Å². The van der Waals surface area contributed by atoms with Crippen molar-refractivity contribution < 1.29 is 0 Å². The predicted molar refractivity (Wildman–Crippen MR) is 223 cm³/mol. The fourth-order valence-electron chi connectivity index (χ4n) is 9.58. The van der Waals surface area contributed by atoms with E-state index in [1.54, 1.807) is 0 Å². The van der Waals surface area contributed by atoms with Gasteiger partial charge < -0.3 is 9.80 Å². The summed E-state index contributed by atoms with van der Waals surface area (Å²) in [6.45, 7) is 4.85. The molecular weight excluding hydrogens is 641 g/mol. The molecule has 5 aliphatic rings. The van der Waals surface area contributed by atoms with E-state index < -0.39 is 0 Å². The molecule has 0 N–H and O–H groups in total. The zero-order chi connectivity index (χ0) is 35.5. The third-order valence-corrected chi connectivity index (χ3v) is 12.3. The third-order valence-electron chi connectivity index (χ3n) is 12.3. The normalized spacial score (nSPS) is 21.6. The molecule has 5 aromatic rings. The lowest BCUT2D eigenvalue weighted by molar-refractivity contribution is 0.406. The maximum Gasteiger partial charge on any atom is 0.0629 e. The van der Waals surface area contributed by atoms with Gasteiger partial charge >= 0.3 is 0 Å². The third kappa shape index (κ3) is 5.31. The molecule has 0 aromatic heterocycles. The van der Waals surface area contributed by atoms with Gasteiger partial charge in [0.25, 0.3) is 0 Å². The minimum absolute atomic E-state index is 0.0594. The quantitative estimate of drug-likeness (QED) is 0.176. The second kappa shape index (κ2) is 12.7. The van der Waals surface area contributed by atoms with Gasteiger partial charge in [-0.25, -0.2) is 0 Å². The zero-order valence-electron chi connectivity index (χ0n) is 30.5. The molecule has 3 atom stereocenters. The smallest absolute Gasteiger partial charge is 0.0629 e. The van der Waals surface area contributed by atoms with Crippen LogP contribution in [0.15, 0.2) is 187 Å². The molecule has 2 heteroatoms. The summed E-state index contributed by atoms with van der Waals surface area (Å²) < 4.78 is 0. The molecule has 0 fully saturated rings. The second-order valence-corrected chi connectivity index (χ2v) is 15.6. The van der Waals surface area contributed by atoms with E-state index in [1.165, 1.54) is 73.0 Å². The lowest BCUT2D eigenvalue weighted by Crippen LogP contribution is -2.31. The van der Waals surface area contributed by atoms with Crippen LogP contribution in [0.4, 0.5) is 17.1 Å². The molecule has 1 aliphatic heterocycles. The number of nitrogens with zero attached hydrogens (tertiary/aromatic N) is 2. The fourth-order valence-corrected chi connectivity index (χ4v) is 9.58. The number of hydrogen-bond donors (Lipinski definition) is 0.